The van der Waals surface area contributed by atoms with Crippen molar-refractivity contribution in [2.24, 2.45) is 5.92 Å². The summed E-state index contributed by atoms with van der Waals surface area (Å²) >= 11 is 5.89. The van der Waals surface area contributed by atoms with Crippen molar-refractivity contribution in [3.63, 3.8) is 0 Å². The molecule has 0 aliphatic heterocycles. The van der Waals surface area contributed by atoms with E-state index in [1.165, 1.54) is 18.2 Å². The standard InChI is InChI=1S/C12H16ClNO3/c1-9(2)4-3-7-17-12-8-10(14(15)16)5-6-11(12)13/h5-6,8-9H,3-4,7H2,1-2H3. The van der Waals surface area contributed by atoms with Crippen molar-refractivity contribution in [1.29, 1.82) is 0 Å². The van der Waals surface area contributed by atoms with Crippen LogP contribution >= 0.6 is 11.6 Å². The molecular weight excluding hydrogens is 242 g/mol. The van der Waals surface area contributed by atoms with Crippen molar-refractivity contribution >= 4 is 17.3 Å². The van der Waals surface area contributed by atoms with E-state index in [4.69, 9.17) is 16.3 Å². The fourth-order valence-corrected chi connectivity index (χ4v) is 1.56. The lowest BCUT2D eigenvalue weighted by molar-refractivity contribution is -0.384. The first-order valence-corrected chi connectivity index (χ1v) is 5.95. The van der Waals surface area contributed by atoms with Gasteiger partial charge in [-0.15, -0.1) is 0 Å². The molecule has 1 aromatic carbocycles. The Balaban J connectivity index is 2.57. The summed E-state index contributed by atoms with van der Waals surface area (Å²) in [6.07, 6.45) is 1.98. The molecule has 1 rings (SSSR count). The maximum Gasteiger partial charge on any atom is 0.273 e. The molecule has 0 radical (unpaired) electrons. The van der Waals surface area contributed by atoms with Gasteiger partial charge in [0.05, 0.1) is 22.6 Å². The van der Waals surface area contributed by atoms with Gasteiger partial charge in [0.25, 0.3) is 5.69 Å². The molecule has 0 aliphatic carbocycles. The van der Waals surface area contributed by atoms with Crippen molar-refractivity contribution in [3.8, 4) is 5.75 Å². The first kappa shape index (κ1) is 13.8. The summed E-state index contributed by atoms with van der Waals surface area (Å²) in [5, 5.41) is 11.0. The van der Waals surface area contributed by atoms with Crippen LogP contribution in [-0.2, 0) is 0 Å². The summed E-state index contributed by atoms with van der Waals surface area (Å²) < 4.78 is 5.44. The van der Waals surface area contributed by atoms with Gasteiger partial charge < -0.3 is 4.74 Å². The lowest BCUT2D eigenvalue weighted by Crippen LogP contribution is -2.00. The summed E-state index contributed by atoms with van der Waals surface area (Å²) in [5.74, 6) is 1.00. The summed E-state index contributed by atoms with van der Waals surface area (Å²) in [7, 11) is 0. The Morgan fingerprint density at radius 3 is 2.76 bits per heavy atom. The molecule has 0 saturated carbocycles. The van der Waals surface area contributed by atoms with Gasteiger partial charge in [-0.2, -0.15) is 0 Å². The zero-order valence-corrected chi connectivity index (χ0v) is 10.7. The Morgan fingerprint density at radius 1 is 1.47 bits per heavy atom. The zero-order valence-electron chi connectivity index (χ0n) is 9.98. The van der Waals surface area contributed by atoms with Crippen LogP contribution in [0.1, 0.15) is 26.7 Å². The molecule has 0 heterocycles. The quantitative estimate of drug-likeness (QED) is 0.439. The molecule has 0 saturated heterocycles. The van der Waals surface area contributed by atoms with Crippen LogP contribution in [0, 0.1) is 16.0 Å². The number of non-ortho nitro benzene ring substituents is 1. The molecule has 0 amide bonds. The number of hydrogen-bond donors (Lipinski definition) is 0. The second-order valence-electron chi connectivity index (χ2n) is 4.26. The molecule has 0 spiro atoms. The van der Waals surface area contributed by atoms with Crippen molar-refractivity contribution < 1.29 is 9.66 Å². The maximum atomic E-state index is 10.6. The van der Waals surface area contributed by atoms with Gasteiger partial charge in [0.1, 0.15) is 5.75 Å². The molecule has 0 aromatic heterocycles. The number of hydrogen-bond acceptors (Lipinski definition) is 3. The number of halogens is 1. The van der Waals surface area contributed by atoms with Crippen molar-refractivity contribution in [3.05, 3.63) is 33.3 Å². The Kier molecular flexibility index (Phi) is 5.22. The van der Waals surface area contributed by atoms with Crippen LogP contribution in [0.15, 0.2) is 18.2 Å². The Labute approximate surface area is 106 Å². The van der Waals surface area contributed by atoms with Gasteiger partial charge in [-0.25, -0.2) is 0 Å². The largest absolute Gasteiger partial charge is 0.492 e. The second kappa shape index (κ2) is 6.45. The van der Waals surface area contributed by atoms with E-state index in [0.29, 0.717) is 23.3 Å². The van der Waals surface area contributed by atoms with Gasteiger partial charge >= 0.3 is 0 Å². The summed E-state index contributed by atoms with van der Waals surface area (Å²) in [5.41, 5.74) is -0.00624. The average molecular weight is 258 g/mol. The van der Waals surface area contributed by atoms with Gasteiger partial charge in [-0.1, -0.05) is 25.4 Å². The molecule has 94 valence electrons. The molecular formula is C12H16ClNO3. The first-order valence-electron chi connectivity index (χ1n) is 5.57. The maximum absolute atomic E-state index is 10.6. The van der Waals surface area contributed by atoms with Crippen LogP contribution in [0.25, 0.3) is 0 Å². The van der Waals surface area contributed by atoms with Gasteiger partial charge in [-0.3, -0.25) is 10.1 Å². The van der Waals surface area contributed by atoms with E-state index in [1.807, 2.05) is 0 Å². The summed E-state index contributed by atoms with van der Waals surface area (Å²) in [6, 6.07) is 4.21. The highest BCUT2D eigenvalue weighted by Gasteiger charge is 2.10. The van der Waals surface area contributed by atoms with Crippen LogP contribution in [-0.4, -0.2) is 11.5 Å². The van der Waals surface area contributed by atoms with Crippen molar-refractivity contribution in [1.82, 2.24) is 0 Å². The van der Waals surface area contributed by atoms with Gasteiger partial charge in [0, 0.05) is 6.07 Å². The minimum absolute atomic E-state index is 0.00624. The van der Waals surface area contributed by atoms with E-state index in [1.54, 1.807) is 0 Å². The molecule has 4 nitrogen and oxygen atoms in total. The number of nitrogens with zero attached hydrogens (tertiary/aromatic N) is 1. The van der Waals surface area contributed by atoms with Crippen LogP contribution in [0.5, 0.6) is 5.75 Å². The number of nitro benzene ring substituents is 1. The van der Waals surface area contributed by atoms with Gasteiger partial charge in [0.15, 0.2) is 0 Å². The third-order valence-electron chi connectivity index (χ3n) is 2.31. The minimum atomic E-state index is -0.461. The molecule has 0 fully saturated rings. The van der Waals surface area contributed by atoms with E-state index in [9.17, 15) is 10.1 Å². The molecule has 0 atom stereocenters. The molecule has 0 bridgehead atoms. The van der Waals surface area contributed by atoms with E-state index >= 15 is 0 Å². The number of rotatable bonds is 6. The second-order valence-corrected chi connectivity index (χ2v) is 4.66. The summed E-state index contributed by atoms with van der Waals surface area (Å²) in [4.78, 5) is 10.1. The number of benzene rings is 1. The lowest BCUT2D eigenvalue weighted by Gasteiger charge is -2.08. The highest BCUT2D eigenvalue weighted by Crippen LogP contribution is 2.29. The third kappa shape index (κ3) is 4.61. The van der Waals surface area contributed by atoms with Crippen LogP contribution in [0.4, 0.5) is 5.69 Å². The SMILES string of the molecule is CC(C)CCCOc1cc([N+](=O)[O-])ccc1Cl. The fourth-order valence-electron chi connectivity index (χ4n) is 1.39. The third-order valence-corrected chi connectivity index (χ3v) is 2.62. The van der Waals surface area contributed by atoms with Gasteiger partial charge in [-0.05, 0) is 24.8 Å². The molecule has 17 heavy (non-hydrogen) atoms. The molecule has 1 aromatic rings. The highest BCUT2D eigenvalue weighted by molar-refractivity contribution is 6.32. The average Bonchev–Trinajstić information content (AvgIpc) is 2.25. The highest BCUT2D eigenvalue weighted by atomic mass is 35.5. The van der Waals surface area contributed by atoms with E-state index in [-0.39, 0.29) is 5.69 Å². The Hall–Kier alpha value is -1.29. The smallest absolute Gasteiger partial charge is 0.273 e. The van der Waals surface area contributed by atoms with E-state index in [0.717, 1.165) is 12.8 Å². The molecule has 5 heteroatoms. The molecule has 0 N–H and O–H groups in total. The zero-order chi connectivity index (χ0) is 12.8. The van der Waals surface area contributed by atoms with Gasteiger partial charge in [0.2, 0.25) is 0 Å². The van der Waals surface area contributed by atoms with Crippen LogP contribution < -0.4 is 4.74 Å². The van der Waals surface area contributed by atoms with Crippen molar-refractivity contribution in [2.75, 3.05) is 6.61 Å². The van der Waals surface area contributed by atoms with E-state index in [2.05, 4.69) is 13.8 Å². The van der Waals surface area contributed by atoms with Crippen molar-refractivity contribution in [2.45, 2.75) is 26.7 Å². The lowest BCUT2D eigenvalue weighted by atomic mass is 10.1. The number of ether oxygens (including phenoxy) is 1. The monoisotopic (exact) mass is 257 g/mol. The molecule has 0 aliphatic rings. The molecule has 0 unspecified atom stereocenters. The summed E-state index contributed by atoms with van der Waals surface area (Å²) in [6.45, 7) is 4.81. The Bertz CT molecular complexity index is 393. The predicted octanol–water partition coefficient (Wildman–Crippen LogP) is 4.06. The first-order chi connectivity index (χ1) is 8.00. The predicted molar refractivity (Wildman–Crippen MR) is 67.7 cm³/mol. The number of nitro groups is 1. The van der Waals surface area contributed by atoms with E-state index < -0.39 is 4.92 Å². The topological polar surface area (TPSA) is 52.4 Å². The minimum Gasteiger partial charge on any atom is -0.492 e. The van der Waals surface area contributed by atoms with Crippen LogP contribution in [0.3, 0.4) is 0 Å². The normalized spacial score (nSPS) is 10.6. The van der Waals surface area contributed by atoms with Crippen LogP contribution in [0.2, 0.25) is 5.02 Å². The fraction of sp³-hybridized carbons (Fsp3) is 0.500. The Morgan fingerprint density at radius 2 is 2.18 bits per heavy atom.